The Bertz CT molecular complexity index is 207. The summed E-state index contributed by atoms with van der Waals surface area (Å²) in [5.41, 5.74) is 4.24. The first-order chi connectivity index (χ1) is 5.13. The molecule has 0 saturated heterocycles. The molecule has 0 unspecified atom stereocenters. The topological polar surface area (TPSA) is 9.23 Å². The second kappa shape index (κ2) is 5.48. The fourth-order valence-electron chi connectivity index (χ4n) is 0.264. The summed E-state index contributed by atoms with van der Waals surface area (Å²) >= 11 is 0. The van der Waals surface area contributed by atoms with Crippen molar-refractivity contribution < 1.29 is 13.5 Å². The summed E-state index contributed by atoms with van der Waals surface area (Å²) in [6, 6.07) is 0. The quantitative estimate of drug-likeness (QED) is 0.443. The lowest BCUT2D eigenvalue weighted by molar-refractivity contribution is 0.402. The van der Waals surface area contributed by atoms with E-state index >= 15 is 0 Å². The minimum absolute atomic E-state index is 0.501. The maximum atomic E-state index is 11.9. The molecule has 0 amide bonds. The van der Waals surface area contributed by atoms with Gasteiger partial charge in [-0.05, 0) is 25.3 Å². The number of rotatable bonds is 2. The van der Waals surface area contributed by atoms with Gasteiger partial charge in [-0.15, -0.1) is 0 Å². The summed E-state index contributed by atoms with van der Waals surface area (Å²) in [5, 5.41) is 0. The van der Waals surface area contributed by atoms with Crippen LogP contribution < -0.4 is 0 Å². The molecule has 0 radical (unpaired) electrons. The highest BCUT2D eigenvalue weighted by Crippen LogP contribution is 1.90. The number of halogens is 2. The highest BCUT2D eigenvalue weighted by molar-refractivity contribution is 4.87. The van der Waals surface area contributed by atoms with Crippen LogP contribution in [0.2, 0.25) is 0 Å². The Hall–Kier alpha value is -1.30. The Morgan fingerprint density at radius 1 is 1.09 bits per heavy atom. The van der Waals surface area contributed by atoms with Crippen LogP contribution in [-0.2, 0) is 4.74 Å². The fourth-order valence-corrected chi connectivity index (χ4v) is 0.264. The lowest BCUT2D eigenvalue weighted by Gasteiger charge is -1.80. The van der Waals surface area contributed by atoms with Crippen LogP contribution in [0.1, 0.15) is 13.8 Å². The van der Waals surface area contributed by atoms with Crippen molar-refractivity contribution in [3.63, 3.8) is 0 Å². The highest BCUT2D eigenvalue weighted by atomic mass is 19.1. The molecule has 60 valence electrons. The van der Waals surface area contributed by atoms with Crippen LogP contribution in [0.15, 0.2) is 35.6 Å². The monoisotopic (exact) mass is 158 g/mol. The molecule has 0 aliphatic carbocycles. The first-order valence-electron chi connectivity index (χ1n) is 2.93. The maximum absolute atomic E-state index is 11.9. The van der Waals surface area contributed by atoms with Crippen molar-refractivity contribution in [2.45, 2.75) is 13.8 Å². The molecular weight excluding hydrogens is 150 g/mol. The lowest BCUT2D eigenvalue weighted by Crippen LogP contribution is -1.61. The van der Waals surface area contributed by atoms with Crippen LogP contribution in [0.4, 0.5) is 8.78 Å². The maximum Gasteiger partial charge on any atom is 0.142 e. The van der Waals surface area contributed by atoms with Gasteiger partial charge in [0.2, 0.25) is 0 Å². The van der Waals surface area contributed by atoms with E-state index in [0.717, 1.165) is 12.5 Å². The molecule has 0 rings (SSSR count). The molecule has 0 aromatic heterocycles. The van der Waals surface area contributed by atoms with E-state index in [1.54, 1.807) is 0 Å². The van der Waals surface area contributed by atoms with Gasteiger partial charge in [-0.1, -0.05) is 0 Å². The summed E-state index contributed by atoms with van der Waals surface area (Å²) in [4.78, 5) is 0. The Kier molecular flexibility index (Phi) is 4.83. The van der Waals surface area contributed by atoms with Crippen molar-refractivity contribution in [3.8, 4) is 0 Å². The predicted octanol–water partition coefficient (Wildman–Crippen LogP) is 2.97. The van der Waals surface area contributed by atoms with E-state index in [4.69, 9.17) is 0 Å². The molecule has 3 heteroatoms. The van der Waals surface area contributed by atoms with Crippen LogP contribution in [0.25, 0.3) is 0 Å². The van der Waals surface area contributed by atoms with E-state index < -0.39 is 11.7 Å². The normalized spacial score (nSPS) is 7.27. The van der Waals surface area contributed by atoms with Crippen molar-refractivity contribution in [1.82, 2.24) is 0 Å². The van der Waals surface area contributed by atoms with Crippen molar-refractivity contribution in [2.75, 3.05) is 0 Å². The molecule has 0 saturated carbocycles. The Morgan fingerprint density at radius 3 is 1.73 bits per heavy atom. The van der Waals surface area contributed by atoms with Gasteiger partial charge in [-0.3, -0.25) is 0 Å². The van der Waals surface area contributed by atoms with Gasteiger partial charge in [0.05, 0.1) is 0 Å². The summed E-state index contributed by atoms with van der Waals surface area (Å²) < 4.78 is 28.2. The van der Waals surface area contributed by atoms with Crippen LogP contribution in [0.3, 0.4) is 0 Å². The molecule has 0 aromatic carbocycles. The lowest BCUT2D eigenvalue weighted by atomic mass is 10.6. The fraction of sp³-hybridized carbons (Fsp3) is 0.250. The van der Waals surface area contributed by atoms with Gasteiger partial charge >= 0.3 is 0 Å². The SMILES string of the molecule is CC(F)=C=COC=C=C(C)F. The van der Waals surface area contributed by atoms with Gasteiger partial charge in [0, 0.05) is 0 Å². The third-order valence-electron chi connectivity index (χ3n) is 0.652. The molecular formula is C8H8F2O. The molecule has 0 atom stereocenters. The van der Waals surface area contributed by atoms with Crippen LogP contribution in [0, 0.1) is 0 Å². The average Bonchev–Trinajstić information content (AvgIpc) is 1.85. The van der Waals surface area contributed by atoms with Gasteiger partial charge < -0.3 is 4.74 Å². The predicted molar refractivity (Wildman–Crippen MR) is 37.8 cm³/mol. The minimum Gasteiger partial charge on any atom is -0.456 e. The van der Waals surface area contributed by atoms with Crippen LogP contribution >= 0.6 is 0 Å². The number of allylic oxidation sites excluding steroid dienone is 2. The zero-order valence-electron chi connectivity index (χ0n) is 6.32. The molecule has 0 aromatic rings. The third kappa shape index (κ3) is 8.70. The molecule has 0 N–H and O–H groups in total. The largest absolute Gasteiger partial charge is 0.456 e. The first-order valence-corrected chi connectivity index (χ1v) is 2.93. The van der Waals surface area contributed by atoms with Crippen molar-refractivity contribution in [3.05, 3.63) is 35.6 Å². The van der Waals surface area contributed by atoms with Crippen LogP contribution in [0.5, 0.6) is 0 Å². The standard InChI is InChI=1S/C8H8F2O/c1-7(9)3-5-11-6-4-8(2)10/h5-6H,1-2H3. The molecule has 0 heterocycles. The van der Waals surface area contributed by atoms with Crippen molar-refractivity contribution >= 4 is 0 Å². The summed E-state index contributed by atoms with van der Waals surface area (Å²) in [6.45, 7) is 2.44. The van der Waals surface area contributed by atoms with Crippen LogP contribution in [-0.4, -0.2) is 0 Å². The Morgan fingerprint density at radius 2 is 1.45 bits per heavy atom. The van der Waals surface area contributed by atoms with Crippen molar-refractivity contribution in [1.29, 1.82) is 0 Å². The molecule has 0 bridgehead atoms. The zero-order chi connectivity index (χ0) is 8.69. The van der Waals surface area contributed by atoms with E-state index in [1.165, 1.54) is 13.8 Å². The smallest absolute Gasteiger partial charge is 0.142 e. The molecule has 1 nitrogen and oxygen atoms in total. The Balaban J connectivity index is 3.95. The van der Waals surface area contributed by atoms with E-state index in [2.05, 4.69) is 16.2 Å². The number of hydrogen-bond acceptors (Lipinski definition) is 1. The highest BCUT2D eigenvalue weighted by Gasteiger charge is 1.73. The third-order valence-corrected chi connectivity index (χ3v) is 0.652. The van der Waals surface area contributed by atoms with Gasteiger partial charge in [0.15, 0.2) is 0 Å². The zero-order valence-corrected chi connectivity index (χ0v) is 6.32. The van der Waals surface area contributed by atoms with E-state index in [9.17, 15) is 8.78 Å². The minimum atomic E-state index is -0.501. The van der Waals surface area contributed by atoms with Gasteiger partial charge in [-0.2, -0.15) is 0 Å². The molecule has 0 aliphatic rings. The van der Waals surface area contributed by atoms with E-state index in [1.807, 2.05) is 0 Å². The number of ether oxygens (including phenoxy) is 1. The van der Waals surface area contributed by atoms with Gasteiger partial charge in [-0.25, -0.2) is 8.78 Å². The summed E-state index contributed by atoms with van der Waals surface area (Å²) in [5.74, 6) is -1.00. The van der Waals surface area contributed by atoms with E-state index in [-0.39, 0.29) is 0 Å². The van der Waals surface area contributed by atoms with E-state index in [0.29, 0.717) is 0 Å². The average molecular weight is 158 g/mol. The molecule has 11 heavy (non-hydrogen) atoms. The molecule has 0 spiro atoms. The first kappa shape index (κ1) is 9.70. The van der Waals surface area contributed by atoms with Gasteiger partial charge in [0.1, 0.15) is 24.2 Å². The van der Waals surface area contributed by atoms with Crippen molar-refractivity contribution in [2.24, 2.45) is 0 Å². The molecule has 0 fully saturated rings. The second-order valence-electron chi connectivity index (χ2n) is 1.73. The van der Waals surface area contributed by atoms with Gasteiger partial charge in [0.25, 0.3) is 0 Å². The second-order valence-corrected chi connectivity index (χ2v) is 1.73. The number of hydrogen-bond donors (Lipinski definition) is 0. The summed E-state index contributed by atoms with van der Waals surface area (Å²) in [7, 11) is 0. The Labute approximate surface area is 64.0 Å². The summed E-state index contributed by atoms with van der Waals surface area (Å²) in [6.07, 6.45) is 1.95. The molecule has 0 aliphatic heterocycles.